The van der Waals surface area contributed by atoms with Gasteiger partial charge in [0, 0.05) is 59.5 Å². The zero-order chi connectivity index (χ0) is 21.1. The van der Waals surface area contributed by atoms with Gasteiger partial charge in [-0.3, -0.25) is 4.99 Å². The number of ether oxygens (including phenoxy) is 1. The van der Waals surface area contributed by atoms with Crippen LogP contribution in [-0.4, -0.2) is 70.4 Å². The number of nitrogens with zero attached hydrogens (tertiary/aromatic N) is 3. The monoisotopic (exact) mass is 535 g/mol. The van der Waals surface area contributed by atoms with Gasteiger partial charge in [-0.1, -0.05) is 26.8 Å². The fraction of sp³-hybridized carbons (Fsp3) is 0.682. The molecule has 2 N–H and O–H groups in total. The molecule has 0 aliphatic carbocycles. The van der Waals surface area contributed by atoms with Crippen molar-refractivity contribution < 1.29 is 9.13 Å². The van der Waals surface area contributed by atoms with E-state index in [4.69, 9.17) is 4.74 Å². The van der Waals surface area contributed by atoms with E-state index in [2.05, 4.69) is 46.2 Å². The Balaban J connectivity index is 0.00000450. The van der Waals surface area contributed by atoms with Crippen molar-refractivity contribution in [3.63, 3.8) is 0 Å². The Bertz CT molecular complexity index is 636. The molecule has 0 atom stereocenters. The quantitative estimate of drug-likeness (QED) is 0.209. The SMILES string of the molecule is CCN1CCN(c2ccc(CNC(=NC)NCCCOCC(C)C)cc2F)CC1.I. The normalized spacial score (nSPS) is 15.3. The summed E-state index contributed by atoms with van der Waals surface area (Å²) in [6.07, 6.45) is 0.919. The number of benzene rings is 1. The molecule has 1 aliphatic rings. The van der Waals surface area contributed by atoms with Crippen molar-refractivity contribution in [2.45, 2.75) is 33.7 Å². The summed E-state index contributed by atoms with van der Waals surface area (Å²) in [5.41, 5.74) is 1.61. The van der Waals surface area contributed by atoms with Crippen LogP contribution >= 0.6 is 24.0 Å². The second-order valence-corrected chi connectivity index (χ2v) is 7.88. The number of hydrogen-bond donors (Lipinski definition) is 2. The van der Waals surface area contributed by atoms with Crippen LogP contribution in [0.1, 0.15) is 32.8 Å². The van der Waals surface area contributed by atoms with Gasteiger partial charge in [0.15, 0.2) is 5.96 Å². The molecule has 1 fully saturated rings. The first-order chi connectivity index (χ1) is 14.0. The predicted octanol–water partition coefficient (Wildman–Crippen LogP) is 3.31. The summed E-state index contributed by atoms with van der Waals surface area (Å²) in [4.78, 5) is 8.75. The topological polar surface area (TPSA) is 52.1 Å². The smallest absolute Gasteiger partial charge is 0.191 e. The van der Waals surface area contributed by atoms with Crippen LogP contribution in [0.5, 0.6) is 0 Å². The Kier molecular flexibility index (Phi) is 13.3. The molecule has 0 aromatic heterocycles. The van der Waals surface area contributed by atoms with Gasteiger partial charge >= 0.3 is 0 Å². The molecule has 0 amide bonds. The van der Waals surface area contributed by atoms with Crippen LogP contribution in [0, 0.1) is 11.7 Å². The fourth-order valence-electron chi connectivity index (χ4n) is 3.33. The Morgan fingerprint density at radius 2 is 1.93 bits per heavy atom. The van der Waals surface area contributed by atoms with Crippen molar-refractivity contribution in [2.24, 2.45) is 10.9 Å². The number of anilines is 1. The van der Waals surface area contributed by atoms with E-state index >= 15 is 0 Å². The summed E-state index contributed by atoms with van der Waals surface area (Å²) >= 11 is 0. The number of likely N-dealkylation sites (N-methyl/N-ethyl adjacent to an activating group) is 1. The molecule has 0 unspecified atom stereocenters. The number of halogens is 2. The molecule has 1 aromatic carbocycles. The Hall–Kier alpha value is -1.13. The highest BCUT2D eigenvalue weighted by atomic mass is 127. The van der Waals surface area contributed by atoms with Gasteiger partial charge < -0.3 is 25.2 Å². The third kappa shape index (κ3) is 9.34. The molecule has 1 aliphatic heterocycles. The largest absolute Gasteiger partial charge is 0.381 e. The molecule has 8 heteroatoms. The minimum atomic E-state index is -0.153. The highest BCUT2D eigenvalue weighted by Gasteiger charge is 2.18. The maximum Gasteiger partial charge on any atom is 0.191 e. The minimum Gasteiger partial charge on any atom is -0.381 e. The molecule has 172 valence electrons. The average molecular weight is 535 g/mol. The molecular weight excluding hydrogens is 496 g/mol. The second-order valence-electron chi connectivity index (χ2n) is 7.88. The van der Waals surface area contributed by atoms with E-state index in [1.165, 1.54) is 0 Å². The standard InChI is InChI=1S/C22H38FN5O.HI/c1-5-27-10-12-28(13-11-27)21-8-7-19(15-20(21)23)16-26-22(24-4)25-9-6-14-29-17-18(2)3;/h7-8,15,18H,5-6,9-14,16-17H2,1-4H3,(H2,24,25,26);1H. The van der Waals surface area contributed by atoms with Crippen molar-refractivity contribution >= 4 is 35.6 Å². The van der Waals surface area contributed by atoms with Gasteiger partial charge in [0.1, 0.15) is 5.82 Å². The summed E-state index contributed by atoms with van der Waals surface area (Å²) < 4.78 is 20.2. The van der Waals surface area contributed by atoms with E-state index in [0.717, 1.165) is 64.5 Å². The maximum atomic E-state index is 14.7. The first-order valence-corrected chi connectivity index (χ1v) is 10.8. The van der Waals surface area contributed by atoms with Crippen LogP contribution in [0.4, 0.5) is 10.1 Å². The molecule has 6 nitrogen and oxygen atoms in total. The van der Waals surface area contributed by atoms with Crippen LogP contribution < -0.4 is 15.5 Å². The lowest BCUT2D eigenvalue weighted by atomic mass is 10.1. The molecule has 1 aromatic rings. The van der Waals surface area contributed by atoms with E-state index < -0.39 is 0 Å². The second kappa shape index (κ2) is 14.8. The maximum absolute atomic E-state index is 14.7. The predicted molar refractivity (Wildman–Crippen MR) is 135 cm³/mol. The summed E-state index contributed by atoms with van der Waals surface area (Å²) in [6.45, 7) is 14.1. The molecule has 0 spiro atoms. The first kappa shape index (κ1) is 26.9. The molecule has 0 bridgehead atoms. The lowest BCUT2D eigenvalue weighted by Gasteiger charge is -2.35. The summed E-state index contributed by atoms with van der Waals surface area (Å²) in [5.74, 6) is 1.12. The molecule has 2 rings (SSSR count). The van der Waals surface area contributed by atoms with Crippen molar-refractivity contribution in [1.82, 2.24) is 15.5 Å². The molecule has 1 heterocycles. The van der Waals surface area contributed by atoms with Crippen LogP contribution in [0.15, 0.2) is 23.2 Å². The van der Waals surface area contributed by atoms with Crippen molar-refractivity contribution in [2.75, 3.05) is 64.4 Å². The fourth-order valence-corrected chi connectivity index (χ4v) is 3.33. The van der Waals surface area contributed by atoms with Crippen LogP contribution in [-0.2, 0) is 11.3 Å². The average Bonchev–Trinajstić information content (AvgIpc) is 2.72. The van der Waals surface area contributed by atoms with Crippen LogP contribution in [0.25, 0.3) is 0 Å². The Morgan fingerprint density at radius 1 is 1.20 bits per heavy atom. The number of hydrogen-bond acceptors (Lipinski definition) is 4. The third-order valence-corrected chi connectivity index (χ3v) is 5.06. The number of aliphatic imine (C=N–C) groups is 1. The molecular formula is C22H39FIN5O. The Morgan fingerprint density at radius 3 is 2.53 bits per heavy atom. The van der Waals surface area contributed by atoms with Gasteiger partial charge in [0.05, 0.1) is 5.69 Å². The number of piperazine rings is 1. The van der Waals surface area contributed by atoms with Crippen molar-refractivity contribution in [1.29, 1.82) is 0 Å². The zero-order valence-electron chi connectivity index (χ0n) is 18.9. The van der Waals surface area contributed by atoms with E-state index in [1.54, 1.807) is 13.1 Å². The first-order valence-electron chi connectivity index (χ1n) is 10.8. The number of nitrogens with one attached hydrogen (secondary N) is 2. The lowest BCUT2D eigenvalue weighted by Crippen LogP contribution is -2.46. The van der Waals surface area contributed by atoms with E-state index in [1.807, 2.05) is 12.1 Å². The van der Waals surface area contributed by atoms with Crippen molar-refractivity contribution in [3.8, 4) is 0 Å². The third-order valence-electron chi connectivity index (χ3n) is 5.06. The van der Waals surface area contributed by atoms with Gasteiger partial charge in [-0.2, -0.15) is 0 Å². The molecule has 0 saturated carbocycles. The van der Waals surface area contributed by atoms with Gasteiger partial charge in [0.25, 0.3) is 0 Å². The summed E-state index contributed by atoms with van der Waals surface area (Å²) in [7, 11) is 1.74. The van der Waals surface area contributed by atoms with E-state index in [0.29, 0.717) is 24.1 Å². The molecule has 0 radical (unpaired) electrons. The number of guanidine groups is 1. The minimum absolute atomic E-state index is 0. The number of rotatable bonds is 10. The molecule has 30 heavy (non-hydrogen) atoms. The molecule has 1 saturated heterocycles. The van der Waals surface area contributed by atoms with Gasteiger partial charge in [0.2, 0.25) is 0 Å². The van der Waals surface area contributed by atoms with E-state index in [9.17, 15) is 4.39 Å². The van der Waals surface area contributed by atoms with Gasteiger partial charge in [-0.15, -0.1) is 24.0 Å². The Labute approximate surface area is 198 Å². The van der Waals surface area contributed by atoms with Crippen molar-refractivity contribution in [3.05, 3.63) is 29.6 Å². The lowest BCUT2D eigenvalue weighted by molar-refractivity contribution is 0.108. The zero-order valence-corrected chi connectivity index (χ0v) is 21.2. The van der Waals surface area contributed by atoms with Gasteiger partial charge in [-0.25, -0.2) is 4.39 Å². The van der Waals surface area contributed by atoms with E-state index in [-0.39, 0.29) is 29.8 Å². The highest BCUT2D eigenvalue weighted by molar-refractivity contribution is 14.0. The summed E-state index contributed by atoms with van der Waals surface area (Å²) in [6, 6.07) is 5.52. The highest BCUT2D eigenvalue weighted by Crippen LogP contribution is 2.22. The van der Waals surface area contributed by atoms with Crippen LogP contribution in [0.2, 0.25) is 0 Å². The van der Waals surface area contributed by atoms with Crippen LogP contribution in [0.3, 0.4) is 0 Å². The summed E-state index contributed by atoms with van der Waals surface area (Å²) in [5, 5.41) is 6.51. The van der Waals surface area contributed by atoms with Gasteiger partial charge in [-0.05, 0) is 36.6 Å².